The zero-order valence-electron chi connectivity index (χ0n) is 18.2. The van der Waals surface area contributed by atoms with Crippen molar-refractivity contribution in [1.29, 1.82) is 0 Å². The van der Waals surface area contributed by atoms with Gasteiger partial charge in [-0.3, -0.25) is 9.59 Å². The van der Waals surface area contributed by atoms with Gasteiger partial charge in [0.25, 0.3) is 11.8 Å². The van der Waals surface area contributed by atoms with Gasteiger partial charge < -0.3 is 9.80 Å². The molecule has 1 fully saturated rings. The Kier molecular flexibility index (Phi) is 5.58. The van der Waals surface area contributed by atoms with Gasteiger partial charge in [-0.25, -0.2) is 4.90 Å². The van der Waals surface area contributed by atoms with Crippen molar-refractivity contribution in [3.05, 3.63) is 70.4 Å². The van der Waals surface area contributed by atoms with E-state index in [2.05, 4.69) is 4.90 Å². The lowest BCUT2D eigenvalue weighted by atomic mass is 9.99. The Morgan fingerprint density at radius 3 is 2.00 bits per heavy atom. The van der Waals surface area contributed by atoms with Crippen LogP contribution in [0.3, 0.4) is 0 Å². The number of piperazine rings is 1. The van der Waals surface area contributed by atoms with Gasteiger partial charge in [-0.15, -0.1) is 0 Å². The molecule has 1 saturated heterocycles. The van der Waals surface area contributed by atoms with Crippen molar-refractivity contribution in [2.24, 2.45) is 0 Å². The number of benzene rings is 2. The Labute approximate surface area is 184 Å². The minimum Gasteiger partial charge on any atom is -0.364 e. The molecule has 8 heteroatoms. The van der Waals surface area contributed by atoms with Gasteiger partial charge in [0, 0.05) is 26.2 Å². The van der Waals surface area contributed by atoms with Crippen LogP contribution in [0.15, 0.2) is 48.2 Å². The molecule has 0 radical (unpaired) electrons. The smallest absolute Gasteiger partial charge is 0.364 e. The highest BCUT2D eigenvalue weighted by molar-refractivity contribution is 6.45. The Morgan fingerprint density at radius 2 is 1.44 bits per heavy atom. The summed E-state index contributed by atoms with van der Waals surface area (Å²) in [6.45, 7) is 6.55. The quantitative estimate of drug-likeness (QED) is 0.676. The number of halogens is 3. The van der Waals surface area contributed by atoms with E-state index in [1.165, 1.54) is 12.1 Å². The van der Waals surface area contributed by atoms with Crippen LogP contribution < -0.4 is 4.90 Å². The molecule has 2 aromatic rings. The van der Waals surface area contributed by atoms with E-state index in [9.17, 15) is 22.8 Å². The Morgan fingerprint density at radius 1 is 0.812 bits per heavy atom. The van der Waals surface area contributed by atoms with E-state index >= 15 is 0 Å². The fourth-order valence-electron chi connectivity index (χ4n) is 4.03. The van der Waals surface area contributed by atoms with Gasteiger partial charge in [0.1, 0.15) is 5.70 Å². The number of imide groups is 1. The first-order chi connectivity index (χ1) is 15.1. The number of carbonyl (C=O) groups excluding carboxylic acids is 2. The monoisotopic (exact) mass is 443 g/mol. The third-order valence-electron chi connectivity index (χ3n) is 6.13. The van der Waals surface area contributed by atoms with Crippen LogP contribution in [0, 0.1) is 13.8 Å². The first-order valence-corrected chi connectivity index (χ1v) is 10.4. The molecule has 0 bridgehead atoms. The van der Waals surface area contributed by atoms with Crippen molar-refractivity contribution < 1.29 is 22.8 Å². The highest BCUT2D eigenvalue weighted by Gasteiger charge is 2.43. The second kappa shape index (κ2) is 8.09. The van der Waals surface area contributed by atoms with Gasteiger partial charge in [0.05, 0.1) is 16.8 Å². The number of alkyl halides is 3. The normalized spacial score (nSPS) is 18.2. The fraction of sp³-hybridized carbons (Fsp3) is 0.333. The van der Waals surface area contributed by atoms with Crippen molar-refractivity contribution >= 4 is 23.1 Å². The summed E-state index contributed by atoms with van der Waals surface area (Å²) in [6, 6.07) is 9.71. The summed E-state index contributed by atoms with van der Waals surface area (Å²) in [7, 11) is 1.99. The first kappa shape index (κ1) is 22.1. The molecule has 32 heavy (non-hydrogen) atoms. The van der Waals surface area contributed by atoms with Crippen molar-refractivity contribution in [3.63, 3.8) is 0 Å². The number of likely N-dealkylation sites (N-methyl/N-ethyl adjacent to an activating group) is 1. The molecule has 2 heterocycles. The number of carbonyl (C=O) groups is 2. The summed E-state index contributed by atoms with van der Waals surface area (Å²) >= 11 is 0. The molecule has 4 rings (SSSR count). The van der Waals surface area contributed by atoms with Crippen LogP contribution in [-0.4, -0.2) is 54.8 Å². The van der Waals surface area contributed by atoms with E-state index in [0.717, 1.165) is 41.2 Å². The van der Waals surface area contributed by atoms with E-state index in [1.807, 2.05) is 44.0 Å². The lowest BCUT2D eigenvalue weighted by Crippen LogP contribution is -2.46. The molecule has 2 aliphatic heterocycles. The number of anilines is 1. The molecule has 0 aromatic heterocycles. The maximum Gasteiger partial charge on any atom is 0.416 e. The minimum absolute atomic E-state index is 0.124. The van der Waals surface area contributed by atoms with Gasteiger partial charge in [-0.05, 0) is 61.9 Å². The van der Waals surface area contributed by atoms with Crippen molar-refractivity contribution in [2.45, 2.75) is 20.0 Å². The highest BCUT2D eigenvalue weighted by Crippen LogP contribution is 2.37. The zero-order chi connectivity index (χ0) is 23.2. The number of nitrogens with zero attached hydrogens (tertiary/aromatic N) is 3. The summed E-state index contributed by atoms with van der Waals surface area (Å²) in [5, 5.41) is 0. The largest absolute Gasteiger partial charge is 0.416 e. The van der Waals surface area contributed by atoms with Crippen molar-refractivity contribution in [3.8, 4) is 0 Å². The second-order valence-electron chi connectivity index (χ2n) is 8.30. The lowest BCUT2D eigenvalue weighted by molar-refractivity contribution is -0.137. The summed E-state index contributed by atoms with van der Waals surface area (Å²) in [5.74, 6) is -1.03. The molecule has 168 valence electrons. The predicted molar refractivity (Wildman–Crippen MR) is 116 cm³/mol. The van der Waals surface area contributed by atoms with Crippen LogP contribution in [0.5, 0.6) is 0 Å². The Balaban J connectivity index is 1.78. The van der Waals surface area contributed by atoms with Crippen molar-refractivity contribution in [2.75, 3.05) is 38.1 Å². The lowest BCUT2D eigenvalue weighted by Gasteiger charge is -2.34. The average molecular weight is 443 g/mol. The SMILES string of the molecule is Cc1ccc(C2=C(N3CCN(C)CC3)C(=O)N(c3ccc(C(F)(F)F)cc3)C2=O)cc1C. The minimum atomic E-state index is -4.49. The van der Waals surface area contributed by atoms with Crippen LogP contribution in [0.2, 0.25) is 0 Å². The fourth-order valence-corrected chi connectivity index (χ4v) is 4.03. The zero-order valence-corrected chi connectivity index (χ0v) is 18.2. The number of hydrogen-bond donors (Lipinski definition) is 0. The van der Waals surface area contributed by atoms with Crippen LogP contribution in [0.4, 0.5) is 18.9 Å². The maximum absolute atomic E-state index is 13.5. The predicted octanol–water partition coefficient (Wildman–Crippen LogP) is 3.85. The van der Waals surface area contributed by atoms with Gasteiger partial charge >= 0.3 is 6.18 Å². The topological polar surface area (TPSA) is 43.9 Å². The van der Waals surface area contributed by atoms with Crippen LogP contribution in [-0.2, 0) is 15.8 Å². The van der Waals surface area contributed by atoms with E-state index in [1.54, 1.807) is 0 Å². The molecular weight excluding hydrogens is 419 g/mol. The Hall–Kier alpha value is -3.13. The summed E-state index contributed by atoms with van der Waals surface area (Å²) in [5.41, 5.74) is 2.58. The molecule has 0 saturated carbocycles. The molecule has 0 spiro atoms. The van der Waals surface area contributed by atoms with E-state index < -0.39 is 23.6 Å². The second-order valence-corrected chi connectivity index (χ2v) is 8.30. The molecule has 0 atom stereocenters. The maximum atomic E-state index is 13.5. The molecule has 5 nitrogen and oxygen atoms in total. The number of aryl methyl sites for hydroxylation is 2. The van der Waals surface area contributed by atoms with E-state index in [4.69, 9.17) is 0 Å². The molecule has 2 amide bonds. The molecule has 2 aliphatic rings. The molecule has 0 N–H and O–H groups in total. The third-order valence-corrected chi connectivity index (χ3v) is 6.13. The summed E-state index contributed by atoms with van der Waals surface area (Å²) in [6.07, 6.45) is -4.49. The molecule has 0 unspecified atom stereocenters. The van der Waals surface area contributed by atoms with Crippen LogP contribution >= 0.6 is 0 Å². The summed E-state index contributed by atoms with van der Waals surface area (Å²) in [4.78, 5) is 32.0. The highest BCUT2D eigenvalue weighted by atomic mass is 19.4. The van der Waals surface area contributed by atoms with Gasteiger partial charge in [-0.2, -0.15) is 13.2 Å². The summed E-state index contributed by atoms with van der Waals surface area (Å²) < 4.78 is 38.9. The van der Waals surface area contributed by atoms with E-state index in [-0.39, 0.29) is 5.69 Å². The van der Waals surface area contributed by atoms with Gasteiger partial charge in [0.2, 0.25) is 0 Å². The average Bonchev–Trinajstić information content (AvgIpc) is 3.00. The number of rotatable bonds is 3. The molecular formula is C24H24F3N3O2. The van der Waals surface area contributed by atoms with E-state index in [0.29, 0.717) is 29.9 Å². The molecule has 2 aromatic carbocycles. The van der Waals surface area contributed by atoms with Gasteiger partial charge in [0.15, 0.2) is 0 Å². The Bertz CT molecular complexity index is 1100. The first-order valence-electron chi connectivity index (χ1n) is 10.4. The van der Waals surface area contributed by atoms with Gasteiger partial charge in [-0.1, -0.05) is 18.2 Å². The van der Waals surface area contributed by atoms with Crippen LogP contribution in [0.1, 0.15) is 22.3 Å². The third kappa shape index (κ3) is 3.90. The van der Waals surface area contributed by atoms with Crippen molar-refractivity contribution in [1.82, 2.24) is 9.80 Å². The molecule has 0 aliphatic carbocycles. The number of amides is 2. The standard InChI is InChI=1S/C24H24F3N3O2/c1-15-4-5-17(14-16(15)2)20-21(29-12-10-28(3)11-13-29)23(32)30(22(20)31)19-8-6-18(7-9-19)24(25,26)27/h4-9,14H,10-13H2,1-3H3. The number of hydrogen-bond acceptors (Lipinski definition) is 4. The van der Waals surface area contributed by atoms with Crippen LogP contribution in [0.25, 0.3) is 5.57 Å².